The van der Waals surface area contributed by atoms with E-state index < -0.39 is 17.2 Å². The van der Waals surface area contributed by atoms with Gasteiger partial charge < -0.3 is 15.2 Å². The van der Waals surface area contributed by atoms with Crippen LogP contribution in [-0.2, 0) is 10.3 Å². The van der Waals surface area contributed by atoms with Crippen LogP contribution in [0.5, 0.6) is 0 Å². The van der Waals surface area contributed by atoms with E-state index in [-0.39, 0.29) is 11.8 Å². The van der Waals surface area contributed by atoms with Crippen molar-refractivity contribution in [2.75, 3.05) is 26.2 Å². The Morgan fingerprint density at radius 1 is 0.923 bits per heavy atom. The maximum absolute atomic E-state index is 11.3. The molecule has 39 heavy (non-hydrogen) atoms. The van der Waals surface area contributed by atoms with Gasteiger partial charge in [-0.1, -0.05) is 77.1 Å². The summed E-state index contributed by atoms with van der Waals surface area (Å²) in [6, 6.07) is 0. The normalized spacial score (nSPS) is 15.7. The first-order chi connectivity index (χ1) is 18.1. The van der Waals surface area contributed by atoms with Crippen molar-refractivity contribution in [2.45, 2.75) is 86.4 Å². The van der Waals surface area contributed by atoms with Crippen molar-refractivity contribution in [1.29, 1.82) is 0 Å². The summed E-state index contributed by atoms with van der Waals surface area (Å²) in [5.74, 6) is 19.5. The van der Waals surface area contributed by atoms with E-state index in [0.717, 1.165) is 13.1 Å². The number of hydrogen-bond donors (Lipinski definition) is 3. The minimum absolute atomic E-state index is 0.229. The van der Waals surface area contributed by atoms with Gasteiger partial charge in [-0.3, -0.25) is 9.47 Å². The molecular weight excluding hydrogens is 494 g/mol. The lowest BCUT2D eigenvalue weighted by Crippen LogP contribution is -2.48. The molecule has 216 valence electrons. The number of rotatable bonds is 3. The Morgan fingerprint density at radius 2 is 1.46 bits per heavy atom. The molecule has 0 radical (unpaired) electrons. The lowest BCUT2D eigenvalue weighted by molar-refractivity contribution is 0.124. The number of carbonyl (C=O) groups is 1. The number of nitrogens with one attached hydrogen (secondary N) is 2. The van der Waals surface area contributed by atoms with Crippen molar-refractivity contribution in [3.8, 4) is 35.5 Å². The fraction of sp³-hybridized carbons (Fsp3) is 0.700. The predicted octanol–water partition coefficient (Wildman–Crippen LogP) is 3.07. The molecule has 0 saturated carbocycles. The molecule has 9 heteroatoms. The number of aromatic nitrogens is 3. The second kappa shape index (κ2) is 15.4. The van der Waals surface area contributed by atoms with E-state index in [4.69, 9.17) is 4.74 Å². The minimum atomic E-state index is -0.506. The first-order valence-electron chi connectivity index (χ1n) is 13.6. The molecule has 1 unspecified atom stereocenters. The van der Waals surface area contributed by atoms with E-state index in [2.05, 4.69) is 51.0 Å². The summed E-state index contributed by atoms with van der Waals surface area (Å²) in [4.78, 5) is 24.3. The van der Waals surface area contributed by atoms with Crippen molar-refractivity contribution in [3.63, 3.8) is 0 Å². The topological polar surface area (TPSA) is 112 Å². The molecule has 0 spiro atoms. The number of aromatic amines is 1. The van der Waals surface area contributed by atoms with Crippen molar-refractivity contribution < 1.29 is 14.6 Å². The second-order valence-corrected chi connectivity index (χ2v) is 11.6. The molecule has 0 aromatic carbocycles. The zero-order chi connectivity index (χ0) is 29.8. The van der Waals surface area contributed by atoms with Gasteiger partial charge in [0.1, 0.15) is 30.1 Å². The molecule has 3 N–H and O–H groups in total. The number of ether oxygens (including phenoxy) is 1. The van der Waals surface area contributed by atoms with Gasteiger partial charge in [0.2, 0.25) is 0 Å². The molecule has 0 bridgehead atoms. The Kier molecular flexibility index (Phi) is 13.4. The number of H-pyrrole nitrogens is 1. The molecule has 1 amide bonds. The summed E-state index contributed by atoms with van der Waals surface area (Å²) in [6.45, 7) is 22.7. The van der Waals surface area contributed by atoms with E-state index >= 15 is 0 Å². The molecule has 3 heterocycles. The summed E-state index contributed by atoms with van der Waals surface area (Å²) >= 11 is 0. The van der Waals surface area contributed by atoms with Gasteiger partial charge in [-0.05, 0) is 27.7 Å². The third-order valence-corrected chi connectivity index (χ3v) is 5.70. The largest absolute Gasteiger partial charge is 0.447 e. The van der Waals surface area contributed by atoms with Gasteiger partial charge in [-0.25, -0.2) is 14.7 Å². The number of aliphatic hydroxyl groups is 1. The van der Waals surface area contributed by atoms with Crippen LogP contribution in [0.1, 0.15) is 69.2 Å². The number of aliphatic hydroxyl groups excluding tert-OH is 1. The van der Waals surface area contributed by atoms with Gasteiger partial charge in [-0.15, -0.1) is 0 Å². The van der Waals surface area contributed by atoms with Crippen LogP contribution in [-0.4, -0.2) is 68.7 Å². The Hall–Kier alpha value is -3.19. The summed E-state index contributed by atoms with van der Waals surface area (Å²) < 4.78 is 6.37. The van der Waals surface area contributed by atoms with Crippen LogP contribution < -0.4 is 11.0 Å². The molecule has 2 fully saturated rings. The van der Waals surface area contributed by atoms with Gasteiger partial charge in [0, 0.05) is 36.8 Å². The summed E-state index contributed by atoms with van der Waals surface area (Å²) in [5.41, 5.74) is -1.15. The van der Waals surface area contributed by atoms with Crippen LogP contribution in [0, 0.1) is 59.2 Å². The molecule has 2 aliphatic rings. The molecule has 9 nitrogen and oxygen atoms in total. The highest BCUT2D eigenvalue weighted by atomic mass is 16.6. The van der Waals surface area contributed by atoms with E-state index in [1.807, 2.05) is 69.2 Å². The first-order valence-corrected chi connectivity index (χ1v) is 13.6. The monoisotopic (exact) mass is 541 g/mol. The maximum Gasteiger partial charge on any atom is 0.411 e. The second-order valence-electron chi connectivity index (χ2n) is 11.6. The van der Waals surface area contributed by atoms with Crippen molar-refractivity contribution in [2.24, 2.45) is 23.7 Å². The molecule has 0 aliphatic carbocycles. The lowest BCUT2D eigenvalue weighted by atomic mass is 9.96. The molecule has 2 saturated heterocycles. The maximum atomic E-state index is 11.3. The van der Waals surface area contributed by atoms with E-state index in [0.29, 0.717) is 36.8 Å². The van der Waals surface area contributed by atoms with Crippen LogP contribution in [0.3, 0.4) is 0 Å². The third kappa shape index (κ3) is 12.0. The number of hydrogen-bond acceptors (Lipinski definition) is 6. The molecule has 1 aromatic rings. The Balaban J connectivity index is 0.000000295. The summed E-state index contributed by atoms with van der Waals surface area (Å²) in [7, 11) is 0. The highest BCUT2D eigenvalue weighted by molar-refractivity contribution is 5.71. The Bertz CT molecular complexity index is 1160. The number of carbonyl (C=O) groups excluding carboxylic acids is 1. The van der Waals surface area contributed by atoms with Gasteiger partial charge in [0.15, 0.2) is 0 Å². The SMILES string of the molecule is CC(C)C#CC(C)(C)N1CCOC1=O.CC(C)C#CC(C)(C)n1cn[nH]c1=O.CC(C)C#CC(O)C1CNC1. The average Bonchev–Trinajstić information content (AvgIpc) is 3.43. The fourth-order valence-electron chi connectivity index (χ4n) is 3.22. The summed E-state index contributed by atoms with van der Waals surface area (Å²) in [6.07, 6.45) is 0.795. The van der Waals surface area contributed by atoms with Crippen LogP contribution in [0.15, 0.2) is 11.1 Å². The molecule has 1 aromatic heterocycles. The lowest BCUT2D eigenvalue weighted by Gasteiger charge is -2.28. The van der Waals surface area contributed by atoms with Crippen LogP contribution >= 0.6 is 0 Å². The number of cyclic esters (lactones) is 1. The van der Waals surface area contributed by atoms with Gasteiger partial charge in [-0.2, -0.15) is 5.10 Å². The third-order valence-electron chi connectivity index (χ3n) is 5.70. The van der Waals surface area contributed by atoms with Gasteiger partial charge in [0.25, 0.3) is 0 Å². The van der Waals surface area contributed by atoms with Crippen LogP contribution in [0.25, 0.3) is 0 Å². The Labute approximate surface area is 234 Å². The molecule has 3 rings (SSSR count). The fourth-order valence-corrected chi connectivity index (χ4v) is 3.22. The highest BCUT2D eigenvalue weighted by Crippen LogP contribution is 2.18. The van der Waals surface area contributed by atoms with Crippen molar-refractivity contribution >= 4 is 6.09 Å². The van der Waals surface area contributed by atoms with Gasteiger partial charge >= 0.3 is 11.8 Å². The molecular formula is C30H47N5O4. The quantitative estimate of drug-likeness (QED) is 0.507. The number of nitrogens with zero attached hydrogens (tertiary/aromatic N) is 3. The Morgan fingerprint density at radius 3 is 1.85 bits per heavy atom. The molecule has 1 atom stereocenters. The van der Waals surface area contributed by atoms with E-state index in [1.54, 1.807) is 4.90 Å². The van der Waals surface area contributed by atoms with E-state index in [9.17, 15) is 14.7 Å². The van der Waals surface area contributed by atoms with Crippen molar-refractivity contribution in [3.05, 3.63) is 16.8 Å². The smallest absolute Gasteiger partial charge is 0.411 e. The average molecular weight is 542 g/mol. The first kappa shape index (κ1) is 33.8. The molecule has 2 aliphatic heterocycles. The minimum Gasteiger partial charge on any atom is -0.447 e. The van der Waals surface area contributed by atoms with Gasteiger partial charge in [0.05, 0.1) is 6.54 Å². The van der Waals surface area contributed by atoms with E-state index in [1.165, 1.54) is 10.9 Å². The number of amides is 1. The predicted molar refractivity (Wildman–Crippen MR) is 155 cm³/mol. The van der Waals surface area contributed by atoms with Crippen LogP contribution in [0.2, 0.25) is 0 Å². The highest BCUT2D eigenvalue weighted by Gasteiger charge is 2.34. The van der Waals surface area contributed by atoms with Crippen molar-refractivity contribution in [1.82, 2.24) is 25.0 Å². The summed E-state index contributed by atoms with van der Waals surface area (Å²) in [5, 5.41) is 18.5. The zero-order valence-electron chi connectivity index (χ0n) is 25.3. The zero-order valence-corrected chi connectivity index (χ0v) is 25.3. The van der Waals surface area contributed by atoms with Crippen LogP contribution in [0.4, 0.5) is 4.79 Å². The standard InChI is InChI=1S/C11H17NO2.C10H15N3O.C9H15NO/c1-9(2)5-6-11(3,4)12-7-8-14-10(12)13;1-8(2)5-6-10(3,4)13-7-11-12-9(13)14;1-7(2)3-4-9(11)8-5-10-6-8/h9H,7-8H2,1-4H3;7-8H,1-4H3,(H,12,14);7-11H,5-6H2,1-2H3.